The van der Waals surface area contributed by atoms with E-state index in [1.54, 1.807) is 42.5 Å². The molecule has 0 aliphatic carbocycles. The number of benzene rings is 2. The second-order valence-corrected chi connectivity index (χ2v) is 4.10. The third kappa shape index (κ3) is 2.86. The highest BCUT2D eigenvalue weighted by molar-refractivity contribution is 6.06. The van der Waals surface area contributed by atoms with Crippen molar-refractivity contribution >= 4 is 11.9 Å². The molecule has 2 aromatic rings. The van der Waals surface area contributed by atoms with Gasteiger partial charge < -0.3 is 5.11 Å². The normalized spacial score (nSPS) is 10.7. The summed E-state index contributed by atoms with van der Waals surface area (Å²) in [6, 6.07) is 14.2. The van der Waals surface area contributed by atoms with Gasteiger partial charge in [-0.2, -0.15) is 0 Å². The van der Waals surface area contributed by atoms with Gasteiger partial charge in [-0.15, -0.1) is 0 Å². The second-order valence-electron chi connectivity index (χ2n) is 4.10. The number of aromatic hydroxyl groups is 1. The Balaban J connectivity index is 2.19. The zero-order valence-corrected chi connectivity index (χ0v) is 10.1. The molecule has 0 aliphatic rings. The highest BCUT2D eigenvalue weighted by Crippen LogP contribution is 2.17. The molecule has 0 bridgehead atoms. The lowest BCUT2D eigenvalue weighted by Crippen LogP contribution is -1.93. The van der Waals surface area contributed by atoms with Crippen LogP contribution in [0.15, 0.2) is 54.6 Å². The number of phenols is 1. The van der Waals surface area contributed by atoms with Crippen molar-refractivity contribution in [3.63, 3.8) is 0 Å². The third-order valence-corrected chi connectivity index (χ3v) is 2.73. The summed E-state index contributed by atoms with van der Waals surface area (Å²) in [5.41, 5.74) is 2.54. The van der Waals surface area contributed by atoms with E-state index >= 15 is 0 Å². The van der Waals surface area contributed by atoms with Crippen molar-refractivity contribution in [1.29, 1.82) is 0 Å². The van der Waals surface area contributed by atoms with Crippen LogP contribution < -0.4 is 0 Å². The number of rotatable bonds is 3. The van der Waals surface area contributed by atoms with Crippen LogP contribution in [-0.4, -0.2) is 10.9 Å². The predicted octanol–water partition coefficient (Wildman–Crippen LogP) is 3.60. The first kappa shape index (κ1) is 12.1. The van der Waals surface area contributed by atoms with Crippen LogP contribution in [0.1, 0.15) is 21.5 Å². The minimum atomic E-state index is -0.0249. The monoisotopic (exact) mass is 238 g/mol. The minimum Gasteiger partial charge on any atom is -0.508 e. The van der Waals surface area contributed by atoms with Crippen LogP contribution in [0.5, 0.6) is 5.75 Å². The highest BCUT2D eigenvalue weighted by atomic mass is 16.3. The molecule has 0 saturated heterocycles. The summed E-state index contributed by atoms with van der Waals surface area (Å²) in [6.07, 6.45) is 3.32. The maximum atomic E-state index is 11.9. The fraction of sp³-hybridized carbons (Fsp3) is 0.0625. The molecular weight excluding hydrogens is 224 g/mol. The van der Waals surface area contributed by atoms with E-state index < -0.39 is 0 Å². The molecule has 0 radical (unpaired) electrons. The first-order chi connectivity index (χ1) is 8.66. The molecule has 0 amide bonds. The van der Waals surface area contributed by atoms with Gasteiger partial charge in [-0.05, 0) is 36.3 Å². The van der Waals surface area contributed by atoms with Crippen LogP contribution in [0.4, 0.5) is 0 Å². The Kier molecular flexibility index (Phi) is 3.58. The lowest BCUT2D eigenvalue weighted by atomic mass is 10.1. The summed E-state index contributed by atoms with van der Waals surface area (Å²) in [4.78, 5) is 11.9. The maximum absolute atomic E-state index is 11.9. The molecule has 0 unspecified atom stereocenters. The van der Waals surface area contributed by atoms with Crippen molar-refractivity contribution in [2.75, 3.05) is 0 Å². The van der Waals surface area contributed by atoms with E-state index in [9.17, 15) is 9.90 Å². The number of aryl methyl sites for hydroxylation is 1. The van der Waals surface area contributed by atoms with E-state index in [4.69, 9.17) is 0 Å². The van der Waals surface area contributed by atoms with Crippen molar-refractivity contribution in [3.05, 3.63) is 71.3 Å². The van der Waals surface area contributed by atoms with Gasteiger partial charge in [-0.25, -0.2) is 0 Å². The van der Waals surface area contributed by atoms with Crippen molar-refractivity contribution < 1.29 is 9.90 Å². The van der Waals surface area contributed by atoms with Gasteiger partial charge in [0.05, 0.1) is 0 Å². The summed E-state index contributed by atoms with van der Waals surface area (Å²) in [5.74, 6) is 0.210. The molecule has 0 atom stereocenters. The predicted molar refractivity (Wildman–Crippen MR) is 72.7 cm³/mol. The van der Waals surface area contributed by atoms with Gasteiger partial charge in [0, 0.05) is 5.56 Å². The molecule has 1 N–H and O–H groups in total. The van der Waals surface area contributed by atoms with Gasteiger partial charge in [0.2, 0.25) is 0 Å². The lowest BCUT2D eigenvalue weighted by Gasteiger charge is -2.00. The van der Waals surface area contributed by atoms with Gasteiger partial charge in [-0.3, -0.25) is 4.79 Å². The molecule has 2 heteroatoms. The third-order valence-electron chi connectivity index (χ3n) is 2.73. The Bertz CT molecular complexity index is 583. The van der Waals surface area contributed by atoms with Crippen LogP contribution in [0.3, 0.4) is 0 Å². The molecule has 0 saturated carbocycles. The summed E-state index contributed by atoms with van der Waals surface area (Å²) >= 11 is 0. The maximum Gasteiger partial charge on any atom is 0.185 e. The Hall–Kier alpha value is -2.35. The van der Waals surface area contributed by atoms with Gasteiger partial charge in [-0.1, -0.05) is 42.5 Å². The number of allylic oxidation sites excluding steroid dienone is 1. The summed E-state index contributed by atoms with van der Waals surface area (Å²) in [5, 5.41) is 9.30. The number of phenolic OH excluding ortho intramolecular Hbond substituents is 1. The molecule has 0 spiro atoms. The molecule has 0 fully saturated rings. The van der Waals surface area contributed by atoms with Crippen LogP contribution in [0, 0.1) is 6.92 Å². The summed E-state index contributed by atoms with van der Waals surface area (Å²) in [7, 11) is 0. The zero-order chi connectivity index (χ0) is 13.0. The van der Waals surface area contributed by atoms with Gasteiger partial charge >= 0.3 is 0 Å². The molecule has 0 aromatic heterocycles. The van der Waals surface area contributed by atoms with E-state index in [1.807, 2.05) is 25.1 Å². The first-order valence-corrected chi connectivity index (χ1v) is 5.74. The van der Waals surface area contributed by atoms with E-state index in [-0.39, 0.29) is 11.5 Å². The molecule has 0 aliphatic heterocycles. The number of carbonyl (C=O) groups excluding carboxylic acids is 1. The van der Waals surface area contributed by atoms with Crippen molar-refractivity contribution in [1.82, 2.24) is 0 Å². The van der Waals surface area contributed by atoms with Crippen LogP contribution in [0.2, 0.25) is 0 Å². The standard InChI is InChI=1S/C16H14O2/c1-12-11-15(17)9-7-13(12)8-10-16(18)14-5-3-2-4-6-14/h2-11,17H,1H3. The Labute approximate surface area is 106 Å². The first-order valence-electron chi connectivity index (χ1n) is 5.74. The minimum absolute atomic E-state index is 0.0249. The van der Waals surface area contributed by atoms with Crippen LogP contribution in [-0.2, 0) is 0 Å². The Morgan fingerprint density at radius 1 is 1.11 bits per heavy atom. The van der Waals surface area contributed by atoms with Crippen LogP contribution in [0.25, 0.3) is 6.08 Å². The molecule has 18 heavy (non-hydrogen) atoms. The fourth-order valence-electron chi connectivity index (χ4n) is 1.71. The van der Waals surface area contributed by atoms with Crippen LogP contribution >= 0.6 is 0 Å². The van der Waals surface area contributed by atoms with Crippen molar-refractivity contribution in [3.8, 4) is 5.75 Å². The fourth-order valence-corrected chi connectivity index (χ4v) is 1.71. The SMILES string of the molecule is Cc1cc(O)ccc1C=CC(=O)c1ccccc1. The summed E-state index contributed by atoms with van der Waals surface area (Å²) < 4.78 is 0. The number of ketones is 1. The lowest BCUT2D eigenvalue weighted by molar-refractivity contribution is 0.104. The van der Waals surface area contributed by atoms with Gasteiger partial charge in [0.25, 0.3) is 0 Å². The molecule has 2 nitrogen and oxygen atoms in total. The highest BCUT2D eigenvalue weighted by Gasteiger charge is 2.00. The van der Waals surface area contributed by atoms with E-state index in [2.05, 4.69) is 0 Å². The smallest absolute Gasteiger partial charge is 0.185 e. The van der Waals surface area contributed by atoms with E-state index in [0.717, 1.165) is 11.1 Å². The Morgan fingerprint density at radius 3 is 2.50 bits per heavy atom. The van der Waals surface area contributed by atoms with Gasteiger partial charge in [0.1, 0.15) is 5.75 Å². The largest absolute Gasteiger partial charge is 0.508 e. The summed E-state index contributed by atoms with van der Waals surface area (Å²) in [6.45, 7) is 1.90. The average Bonchev–Trinajstić information content (AvgIpc) is 2.38. The second kappa shape index (κ2) is 5.32. The topological polar surface area (TPSA) is 37.3 Å². The van der Waals surface area contributed by atoms with Gasteiger partial charge in [0.15, 0.2) is 5.78 Å². The molecule has 2 rings (SSSR count). The zero-order valence-electron chi connectivity index (χ0n) is 10.1. The molecule has 0 heterocycles. The average molecular weight is 238 g/mol. The molecular formula is C16H14O2. The Morgan fingerprint density at radius 2 is 1.83 bits per heavy atom. The van der Waals surface area contributed by atoms with Crippen molar-refractivity contribution in [2.45, 2.75) is 6.92 Å². The van der Waals surface area contributed by atoms with Crippen molar-refractivity contribution in [2.24, 2.45) is 0 Å². The van der Waals surface area contributed by atoms with E-state index in [1.165, 1.54) is 0 Å². The number of hydrogen-bond donors (Lipinski definition) is 1. The quantitative estimate of drug-likeness (QED) is 0.655. The van der Waals surface area contributed by atoms with E-state index in [0.29, 0.717) is 5.56 Å². The molecule has 90 valence electrons. The number of hydrogen-bond acceptors (Lipinski definition) is 2. The molecule has 2 aromatic carbocycles. The number of carbonyl (C=O) groups is 1.